The van der Waals surface area contributed by atoms with Crippen molar-refractivity contribution in [2.45, 2.75) is 12.1 Å². The van der Waals surface area contributed by atoms with Crippen LogP contribution < -0.4 is 5.32 Å². The van der Waals surface area contributed by atoms with E-state index in [2.05, 4.69) is 20.5 Å². The van der Waals surface area contributed by atoms with Crippen molar-refractivity contribution in [3.8, 4) is 17.1 Å². The Morgan fingerprint density at radius 3 is 2.40 bits per heavy atom. The predicted octanol–water partition coefficient (Wildman–Crippen LogP) is 4.51. The number of pyridine rings is 1. The molecule has 0 aliphatic rings. The fourth-order valence-electron chi connectivity index (χ4n) is 2.84. The van der Waals surface area contributed by atoms with Gasteiger partial charge in [0.05, 0.1) is 5.75 Å². The average Bonchev–Trinajstić information content (AvgIpc) is 3.19. The Morgan fingerprint density at radius 2 is 1.70 bits per heavy atom. The lowest BCUT2D eigenvalue weighted by Crippen LogP contribution is -2.14. The first-order valence-electron chi connectivity index (χ1n) is 9.21. The summed E-state index contributed by atoms with van der Waals surface area (Å²) in [5, 5.41) is 12.0. The minimum atomic E-state index is -0.350. The van der Waals surface area contributed by atoms with Gasteiger partial charge in [0.25, 0.3) is 0 Å². The molecule has 0 spiro atoms. The van der Waals surface area contributed by atoms with Crippen LogP contribution in [0.1, 0.15) is 5.56 Å². The number of amides is 1. The summed E-state index contributed by atoms with van der Waals surface area (Å²) in [4.78, 5) is 16.4. The number of halogens is 1. The Bertz CT molecular complexity index is 1140. The van der Waals surface area contributed by atoms with Crippen LogP contribution in [-0.2, 0) is 4.79 Å². The Balaban J connectivity index is 1.58. The summed E-state index contributed by atoms with van der Waals surface area (Å²) < 4.78 is 14.9. The molecule has 0 aliphatic heterocycles. The van der Waals surface area contributed by atoms with Gasteiger partial charge in [0.15, 0.2) is 11.0 Å². The summed E-state index contributed by atoms with van der Waals surface area (Å²) in [5.74, 6) is 0.244. The number of benzene rings is 2. The number of hydrogen-bond acceptors (Lipinski definition) is 5. The number of rotatable bonds is 6. The molecule has 0 atom stereocenters. The zero-order chi connectivity index (χ0) is 20.9. The topological polar surface area (TPSA) is 72.7 Å². The lowest BCUT2D eigenvalue weighted by Gasteiger charge is -2.11. The molecule has 2 heterocycles. The van der Waals surface area contributed by atoms with Gasteiger partial charge in [0.2, 0.25) is 5.91 Å². The Labute approximate surface area is 177 Å². The summed E-state index contributed by atoms with van der Waals surface area (Å²) in [7, 11) is 0. The third kappa shape index (κ3) is 4.55. The SMILES string of the molecule is Cc1ccc(-n2c(SCC(=O)Nc3ccc(F)cc3)nnc2-c2ccncc2)cc1. The summed E-state index contributed by atoms with van der Waals surface area (Å²) in [6.45, 7) is 2.02. The van der Waals surface area contributed by atoms with E-state index in [1.54, 1.807) is 12.4 Å². The molecular formula is C22H18FN5OS. The molecule has 8 heteroatoms. The van der Waals surface area contributed by atoms with Gasteiger partial charge in [-0.1, -0.05) is 29.5 Å². The van der Waals surface area contributed by atoms with Crippen molar-refractivity contribution >= 4 is 23.4 Å². The van der Waals surface area contributed by atoms with Crippen molar-refractivity contribution in [3.63, 3.8) is 0 Å². The highest BCUT2D eigenvalue weighted by Gasteiger charge is 2.17. The van der Waals surface area contributed by atoms with Crippen LogP contribution in [0.3, 0.4) is 0 Å². The zero-order valence-corrected chi connectivity index (χ0v) is 16.9. The van der Waals surface area contributed by atoms with Crippen molar-refractivity contribution in [1.29, 1.82) is 0 Å². The normalized spacial score (nSPS) is 10.7. The third-order valence-electron chi connectivity index (χ3n) is 4.32. The molecule has 2 aromatic carbocycles. The van der Waals surface area contributed by atoms with Crippen molar-refractivity contribution in [2.24, 2.45) is 0 Å². The third-order valence-corrected chi connectivity index (χ3v) is 5.25. The predicted molar refractivity (Wildman–Crippen MR) is 115 cm³/mol. The lowest BCUT2D eigenvalue weighted by atomic mass is 10.2. The first kappa shape index (κ1) is 19.8. The van der Waals surface area contributed by atoms with E-state index in [4.69, 9.17) is 0 Å². The molecule has 30 heavy (non-hydrogen) atoms. The van der Waals surface area contributed by atoms with E-state index in [9.17, 15) is 9.18 Å². The smallest absolute Gasteiger partial charge is 0.234 e. The van der Waals surface area contributed by atoms with Crippen LogP contribution in [0, 0.1) is 12.7 Å². The number of aryl methyl sites for hydroxylation is 1. The summed E-state index contributed by atoms with van der Waals surface area (Å²) >= 11 is 1.28. The Morgan fingerprint density at radius 1 is 1.00 bits per heavy atom. The van der Waals surface area contributed by atoms with Gasteiger partial charge < -0.3 is 5.32 Å². The molecule has 0 aliphatic carbocycles. The van der Waals surface area contributed by atoms with E-state index >= 15 is 0 Å². The molecule has 4 rings (SSSR count). The van der Waals surface area contributed by atoms with Crippen LogP contribution in [0.2, 0.25) is 0 Å². The standard InChI is InChI=1S/C22H18FN5OS/c1-15-2-8-19(9-3-15)28-21(16-10-12-24-13-11-16)26-27-22(28)30-14-20(29)25-18-6-4-17(23)5-7-18/h2-13H,14H2,1H3,(H,25,29). The molecule has 0 unspecified atom stereocenters. The molecule has 4 aromatic rings. The molecule has 0 fully saturated rings. The summed E-state index contributed by atoms with van der Waals surface area (Å²) in [5.41, 5.74) is 3.46. The van der Waals surface area contributed by atoms with E-state index in [-0.39, 0.29) is 17.5 Å². The monoisotopic (exact) mass is 419 g/mol. The van der Waals surface area contributed by atoms with Crippen LogP contribution in [0.15, 0.2) is 78.2 Å². The quantitative estimate of drug-likeness (QED) is 0.466. The molecule has 0 saturated carbocycles. The number of carbonyl (C=O) groups is 1. The van der Waals surface area contributed by atoms with Gasteiger partial charge in [-0.25, -0.2) is 4.39 Å². The first-order chi connectivity index (χ1) is 14.6. The highest BCUT2D eigenvalue weighted by molar-refractivity contribution is 7.99. The second kappa shape index (κ2) is 8.87. The minimum absolute atomic E-state index is 0.137. The van der Waals surface area contributed by atoms with Gasteiger partial charge in [0.1, 0.15) is 5.82 Å². The van der Waals surface area contributed by atoms with Gasteiger partial charge >= 0.3 is 0 Å². The molecule has 1 N–H and O–H groups in total. The number of anilines is 1. The highest BCUT2D eigenvalue weighted by Crippen LogP contribution is 2.28. The molecule has 0 saturated heterocycles. The molecule has 0 bridgehead atoms. The van der Waals surface area contributed by atoms with Crippen LogP contribution in [-0.4, -0.2) is 31.4 Å². The lowest BCUT2D eigenvalue weighted by molar-refractivity contribution is -0.113. The largest absolute Gasteiger partial charge is 0.325 e. The Kier molecular flexibility index (Phi) is 5.85. The molecular weight excluding hydrogens is 401 g/mol. The maximum atomic E-state index is 13.0. The number of thioether (sulfide) groups is 1. The molecule has 150 valence electrons. The number of carbonyl (C=O) groups excluding carboxylic acids is 1. The van der Waals surface area contributed by atoms with E-state index in [0.29, 0.717) is 16.7 Å². The van der Waals surface area contributed by atoms with Crippen LogP contribution in [0.4, 0.5) is 10.1 Å². The average molecular weight is 419 g/mol. The van der Waals surface area contributed by atoms with E-state index < -0.39 is 0 Å². The molecule has 2 aromatic heterocycles. The van der Waals surface area contributed by atoms with Crippen LogP contribution in [0.25, 0.3) is 17.1 Å². The van der Waals surface area contributed by atoms with Gasteiger partial charge in [-0.05, 0) is 55.5 Å². The van der Waals surface area contributed by atoms with E-state index in [1.807, 2.05) is 47.9 Å². The number of hydrogen-bond donors (Lipinski definition) is 1. The molecule has 0 radical (unpaired) electrons. The summed E-state index contributed by atoms with van der Waals surface area (Å²) in [6, 6.07) is 17.4. The zero-order valence-electron chi connectivity index (χ0n) is 16.1. The van der Waals surface area contributed by atoms with Gasteiger partial charge in [0, 0.05) is 29.3 Å². The van der Waals surface area contributed by atoms with E-state index in [0.717, 1.165) is 16.8 Å². The number of aromatic nitrogens is 4. The van der Waals surface area contributed by atoms with Crippen molar-refractivity contribution in [2.75, 3.05) is 11.1 Å². The highest BCUT2D eigenvalue weighted by atomic mass is 32.2. The second-order valence-corrected chi connectivity index (χ2v) is 7.50. The number of nitrogens with zero attached hydrogens (tertiary/aromatic N) is 4. The van der Waals surface area contributed by atoms with Crippen molar-refractivity contribution in [3.05, 3.63) is 84.4 Å². The van der Waals surface area contributed by atoms with Crippen molar-refractivity contribution < 1.29 is 9.18 Å². The van der Waals surface area contributed by atoms with Gasteiger partial charge in [-0.3, -0.25) is 14.3 Å². The minimum Gasteiger partial charge on any atom is -0.325 e. The van der Waals surface area contributed by atoms with Gasteiger partial charge in [-0.15, -0.1) is 10.2 Å². The van der Waals surface area contributed by atoms with Crippen LogP contribution in [0.5, 0.6) is 0 Å². The summed E-state index contributed by atoms with van der Waals surface area (Å²) in [6.07, 6.45) is 3.40. The molecule has 6 nitrogen and oxygen atoms in total. The molecule has 1 amide bonds. The van der Waals surface area contributed by atoms with Crippen molar-refractivity contribution in [1.82, 2.24) is 19.7 Å². The second-order valence-electron chi connectivity index (χ2n) is 6.56. The fourth-order valence-corrected chi connectivity index (χ4v) is 3.59. The maximum Gasteiger partial charge on any atom is 0.234 e. The maximum absolute atomic E-state index is 13.0. The Hall–Kier alpha value is -3.52. The fraction of sp³-hybridized carbons (Fsp3) is 0.0909. The van der Waals surface area contributed by atoms with Crippen LogP contribution >= 0.6 is 11.8 Å². The first-order valence-corrected chi connectivity index (χ1v) is 10.2. The number of nitrogens with one attached hydrogen (secondary N) is 1. The van der Waals surface area contributed by atoms with Gasteiger partial charge in [-0.2, -0.15) is 0 Å². The van der Waals surface area contributed by atoms with E-state index in [1.165, 1.54) is 36.0 Å².